The Labute approximate surface area is 188 Å². The van der Waals surface area contributed by atoms with Gasteiger partial charge in [0.15, 0.2) is 0 Å². The Morgan fingerprint density at radius 1 is 1.24 bits per heavy atom. The largest absolute Gasteiger partial charge is 0.412 e. The number of H-pyrrole nitrogens is 1. The van der Waals surface area contributed by atoms with E-state index in [9.17, 15) is 4.79 Å². The highest BCUT2D eigenvalue weighted by Gasteiger charge is 2.38. The third-order valence-corrected chi connectivity index (χ3v) is 6.23. The van der Waals surface area contributed by atoms with Gasteiger partial charge in [0, 0.05) is 37.1 Å². The molecule has 166 valence electrons. The van der Waals surface area contributed by atoms with E-state index >= 15 is 0 Å². The van der Waals surface area contributed by atoms with E-state index in [-0.39, 0.29) is 17.7 Å². The minimum atomic E-state index is -0.470. The zero-order valence-corrected chi connectivity index (χ0v) is 18.3. The lowest BCUT2D eigenvalue weighted by Gasteiger charge is -2.32. The van der Waals surface area contributed by atoms with Crippen LogP contribution in [0.2, 0.25) is 0 Å². The normalized spacial score (nSPS) is 15.8. The maximum absolute atomic E-state index is 13.6. The van der Waals surface area contributed by atoms with Crippen molar-refractivity contribution in [2.45, 2.75) is 26.3 Å². The number of hydrogen-bond donors (Lipinski definition) is 1. The summed E-state index contributed by atoms with van der Waals surface area (Å²) >= 11 is 0. The van der Waals surface area contributed by atoms with E-state index in [1.807, 2.05) is 49.7 Å². The minimum absolute atomic E-state index is 0.0721. The summed E-state index contributed by atoms with van der Waals surface area (Å²) in [6.07, 6.45) is 3.95. The molecule has 11 heteroatoms. The van der Waals surface area contributed by atoms with Crippen LogP contribution in [0.5, 0.6) is 0 Å². The number of pyridine rings is 1. The Morgan fingerprint density at radius 2 is 2.12 bits per heavy atom. The average molecular weight is 443 g/mol. The Bertz CT molecular complexity index is 1510. The predicted octanol–water partition coefficient (Wildman–Crippen LogP) is 2.25. The molecule has 5 aromatic rings. The van der Waals surface area contributed by atoms with Crippen molar-refractivity contribution in [3.05, 3.63) is 71.1 Å². The molecule has 6 rings (SSSR count). The monoisotopic (exact) mass is 443 g/mol. The molecule has 0 fully saturated rings. The lowest BCUT2D eigenvalue weighted by molar-refractivity contribution is 0.0646. The predicted molar refractivity (Wildman–Crippen MR) is 116 cm³/mol. The first kappa shape index (κ1) is 19.4. The number of carbonyl (C=O) groups excluding carboxylic acids is 1. The van der Waals surface area contributed by atoms with Gasteiger partial charge in [0.05, 0.1) is 35.0 Å². The van der Waals surface area contributed by atoms with Gasteiger partial charge in [-0.3, -0.25) is 9.48 Å². The number of imidazole rings is 1. The van der Waals surface area contributed by atoms with E-state index in [1.165, 1.54) is 0 Å². The van der Waals surface area contributed by atoms with Crippen LogP contribution in [0.1, 0.15) is 45.2 Å². The lowest BCUT2D eigenvalue weighted by Crippen LogP contribution is -2.41. The lowest BCUT2D eigenvalue weighted by atomic mass is 9.99. The molecule has 0 saturated heterocycles. The van der Waals surface area contributed by atoms with Gasteiger partial charge in [-0.05, 0) is 32.0 Å². The summed E-state index contributed by atoms with van der Waals surface area (Å²) in [4.78, 5) is 23.0. The minimum Gasteiger partial charge on any atom is -0.412 e. The fourth-order valence-electron chi connectivity index (χ4n) is 4.35. The summed E-state index contributed by atoms with van der Waals surface area (Å²) in [5.74, 6) is -0.166. The number of nitrogens with one attached hydrogen (secondary N) is 1. The highest BCUT2D eigenvalue weighted by molar-refractivity contribution is 5.90. The average Bonchev–Trinajstić information content (AvgIpc) is 3.60. The Hall–Kier alpha value is -4.28. The number of rotatable bonds is 3. The first-order valence-corrected chi connectivity index (χ1v) is 10.6. The van der Waals surface area contributed by atoms with Crippen LogP contribution in [0.3, 0.4) is 0 Å². The van der Waals surface area contributed by atoms with Crippen LogP contribution in [-0.2, 0) is 13.5 Å². The number of nitrogens with zero attached hydrogens (tertiary/aromatic N) is 8. The van der Waals surface area contributed by atoms with Gasteiger partial charge >= 0.3 is 11.8 Å². The molecule has 0 spiro atoms. The fourth-order valence-corrected chi connectivity index (χ4v) is 4.35. The van der Waals surface area contributed by atoms with Crippen LogP contribution in [0, 0.1) is 13.8 Å². The summed E-state index contributed by atoms with van der Waals surface area (Å²) in [5.41, 5.74) is 6.02. The van der Waals surface area contributed by atoms with Gasteiger partial charge in [0.2, 0.25) is 0 Å². The first-order valence-electron chi connectivity index (χ1n) is 10.6. The highest BCUT2D eigenvalue weighted by Crippen LogP contribution is 2.34. The molecular weight excluding hydrogens is 422 g/mol. The van der Waals surface area contributed by atoms with E-state index in [4.69, 9.17) is 9.52 Å². The van der Waals surface area contributed by atoms with Crippen LogP contribution in [0.15, 0.2) is 41.2 Å². The Kier molecular flexibility index (Phi) is 4.19. The molecule has 0 aliphatic carbocycles. The Morgan fingerprint density at radius 3 is 2.91 bits per heavy atom. The van der Waals surface area contributed by atoms with E-state index in [2.05, 4.69) is 25.3 Å². The summed E-state index contributed by atoms with van der Waals surface area (Å²) in [6.45, 7) is 4.36. The fraction of sp³-hybridized carbons (Fsp3) is 0.273. The molecule has 33 heavy (non-hydrogen) atoms. The third kappa shape index (κ3) is 2.96. The highest BCUT2D eigenvalue weighted by atomic mass is 16.4. The van der Waals surface area contributed by atoms with Crippen LogP contribution in [0.25, 0.3) is 17.0 Å². The van der Waals surface area contributed by atoms with Gasteiger partial charge in [-0.1, -0.05) is 6.07 Å². The number of aromatic amines is 1. The van der Waals surface area contributed by atoms with E-state index < -0.39 is 6.04 Å². The molecule has 1 atom stereocenters. The molecule has 0 saturated carbocycles. The molecule has 6 heterocycles. The summed E-state index contributed by atoms with van der Waals surface area (Å²) in [7, 11) is 1.83. The van der Waals surface area contributed by atoms with Gasteiger partial charge < -0.3 is 14.3 Å². The maximum atomic E-state index is 13.6. The molecule has 11 nitrogen and oxygen atoms in total. The van der Waals surface area contributed by atoms with Crippen molar-refractivity contribution in [1.82, 2.24) is 44.5 Å². The van der Waals surface area contributed by atoms with E-state index in [1.54, 1.807) is 22.1 Å². The zero-order valence-electron chi connectivity index (χ0n) is 18.3. The number of hydrogen-bond acceptors (Lipinski definition) is 7. The van der Waals surface area contributed by atoms with Crippen molar-refractivity contribution >= 4 is 11.4 Å². The molecule has 1 N–H and O–H groups in total. The maximum Gasteiger partial charge on any atom is 0.312 e. The molecule has 1 aliphatic heterocycles. The van der Waals surface area contributed by atoms with Crippen LogP contribution >= 0.6 is 0 Å². The van der Waals surface area contributed by atoms with E-state index in [0.717, 1.165) is 34.0 Å². The van der Waals surface area contributed by atoms with Crippen molar-refractivity contribution in [1.29, 1.82) is 0 Å². The number of aromatic nitrogens is 8. The second-order valence-corrected chi connectivity index (χ2v) is 8.17. The number of aryl methyl sites for hydroxylation is 2. The standard InChI is InChI=1S/C22H21N9O2/c1-12-5-4-6-14-9-17(28-31(12)14)19-18-16(23-11-24-18)7-8-30(19)22(32)21-27-26-20(33-21)15-10-25-29(3)13(15)2/h4-6,9-11,19H,7-8H2,1-3H3,(H,23,24)/t19-/m1/s1. The molecule has 1 aliphatic rings. The molecule has 0 aromatic carbocycles. The van der Waals surface area contributed by atoms with Crippen molar-refractivity contribution in [2.75, 3.05) is 6.54 Å². The van der Waals surface area contributed by atoms with Gasteiger partial charge in [0.1, 0.15) is 6.04 Å². The first-order chi connectivity index (χ1) is 16.0. The SMILES string of the molecule is Cc1c(-c2nnc(C(=O)N3CCc4[nH]cnc4[C@H]3c3cc4cccc(C)n4n3)o2)cnn1C. The number of amides is 1. The van der Waals surface area contributed by atoms with Crippen molar-refractivity contribution < 1.29 is 9.21 Å². The van der Waals surface area contributed by atoms with Gasteiger partial charge in [0.25, 0.3) is 5.89 Å². The summed E-state index contributed by atoms with van der Waals surface area (Å²) in [5, 5.41) is 17.1. The van der Waals surface area contributed by atoms with Crippen LogP contribution in [0.4, 0.5) is 0 Å². The second-order valence-electron chi connectivity index (χ2n) is 8.17. The van der Waals surface area contributed by atoms with Gasteiger partial charge in [-0.25, -0.2) is 9.50 Å². The topological polar surface area (TPSA) is 123 Å². The molecule has 1 amide bonds. The molecule has 5 aromatic heterocycles. The van der Waals surface area contributed by atoms with Crippen LogP contribution in [-0.4, -0.2) is 56.9 Å². The second kappa shape index (κ2) is 7.12. The zero-order chi connectivity index (χ0) is 22.7. The smallest absolute Gasteiger partial charge is 0.312 e. The van der Waals surface area contributed by atoms with Gasteiger partial charge in [-0.2, -0.15) is 10.2 Å². The van der Waals surface area contributed by atoms with Crippen molar-refractivity contribution in [3.63, 3.8) is 0 Å². The number of fused-ring (bicyclic) bond motifs is 2. The van der Waals surface area contributed by atoms with E-state index in [0.29, 0.717) is 18.5 Å². The van der Waals surface area contributed by atoms with Crippen molar-refractivity contribution in [3.8, 4) is 11.5 Å². The Balaban J connectivity index is 1.41. The quantitative estimate of drug-likeness (QED) is 0.454. The third-order valence-electron chi connectivity index (χ3n) is 6.23. The van der Waals surface area contributed by atoms with Crippen LogP contribution < -0.4 is 0 Å². The summed E-state index contributed by atoms with van der Waals surface area (Å²) in [6, 6.07) is 7.49. The number of carbonyl (C=O) groups is 1. The molecular formula is C22H21N9O2. The van der Waals surface area contributed by atoms with Gasteiger partial charge in [-0.15, -0.1) is 10.2 Å². The molecule has 0 unspecified atom stereocenters. The van der Waals surface area contributed by atoms with Crippen molar-refractivity contribution in [2.24, 2.45) is 7.05 Å². The molecule has 0 radical (unpaired) electrons. The molecule has 0 bridgehead atoms. The summed E-state index contributed by atoms with van der Waals surface area (Å²) < 4.78 is 9.37.